The highest BCUT2D eigenvalue weighted by Gasteiger charge is 2.21. The summed E-state index contributed by atoms with van der Waals surface area (Å²) in [4.78, 5) is 11.9. The summed E-state index contributed by atoms with van der Waals surface area (Å²) < 4.78 is 5.89. The monoisotopic (exact) mass is 298 g/mol. The van der Waals surface area contributed by atoms with Gasteiger partial charge in [0, 0.05) is 25.9 Å². The number of carbonyl (C=O) groups is 1. The normalized spacial score (nSPS) is 24.8. The Kier molecular flexibility index (Phi) is 8.81. The van der Waals surface area contributed by atoms with Gasteiger partial charge >= 0.3 is 0 Å². The fourth-order valence-corrected chi connectivity index (χ4v) is 2.88. The summed E-state index contributed by atoms with van der Waals surface area (Å²) in [5.74, 6) is 0.402. The van der Waals surface area contributed by atoms with E-state index in [4.69, 9.17) is 9.84 Å². The molecule has 4 heteroatoms. The minimum Gasteiger partial charge on any atom is -0.396 e. The molecule has 0 unspecified atom stereocenters. The van der Waals surface area contributed by atoms with E-state index >= 15 is 0 Å². The van der Waals surface area contributed by atoms with Gasteiger partial charge in [-0.2, -0.15) is 0 Å². The summed E-state index contributed by atoms with van der Waals surface area (Å²) in [5.41, 5.74) is 0. The van der Waals surface area contributed by atoms with Crippen LogP contribution in [0.3, 0.4) is 0 Å². The molecule has 122 valence electrons. The zero-order valence-electron chi connectivity index (χ0n) is 13.3. The maximum Gasteiger partial charge on any atom is 0.135 e. The van der Waals surface area contributed by atoms with Gasteiger partial charge in [-0.15, -0.1) is 0 Å². The molecule has 1 aliphatic rings. The molecule has 0 amide bonds. The molecule has 1 aliphatic heterocycles. The predicted molar refractivity (Wildman–Crippen MR) is 83.1 cm³/mol. The summed E-state index contributed by atoms with van der Waals surface area (Å²) in [6, 6.07) is 0. The van der Waals surface area contributed by atoms with Gasteiger partial charge < -0.3 is 14.9 Å². The molecule has 0 aliphatic carbocycles. The lowest BCUT2D eigenvalue weighted by Crippen LogP contribution is -2.27. The number of rotatable bonds is 10. The van der Waals surface area contributed by atoms with Crippen LogP contribution in [0.5, 0.6) is 0 Å². The lowest BCUT2D eigenvalue weighted by molar-refractivity contribution is -0.122. The van der Waals surface area contributed by atoms with Gasteiger partial charge in [-0.3, -0.25) is 4.79 Å². The number of aliphatic hydroxyl groups is 2. The lowest BCUT2D eigenvalue weighted by atomic mass is 9.93. The molecule has 2 N–H and O–H groups in total. The standard InChI is InChI=1S/C17H30O4/c1-3-5-14(19)12-15(20)10-13(2)11-17-7-4-6-16(21-17)8-9-18/h4,6,13-14,16-19H,3,5,7-12H2,1-2H3/t13-,14-,16+,17-/m0/s1. The van der Waals surface area contributed by atoms with Gasteiger partial charge in [0.05, 0.1) is 18.3 Å². The second kappa shape index (κ2) is 10.1. The molecule has 0 aromatic rings. The smallest absolute Gasteiger partial charge is 0.135 e. The number of ketones is 1. The molecule has 0 aromatic heterocycles. The van der Waals surface area contributed by atoms with E-state index in [1.807, 2.05) is 13.0 Å². The first kappa shape index (κ1) is 18.3. The van der Waals surface area contributed by atoms with E-state index < -0.39 is 6.10 Å². The molecular formula is C17H30O4. The van der Waals surface area contributed by atoms with E-state index in [-0.39, 0.29) is 36.9 Å². The first-order valence-electron chi connectivity index (χ1n) is 8.17. The van der Waals surface area contributed by atoms with E-state index in [9.17, 15) is 9.90 Å². The van der Waals surface area contributed by atoms with Gasteiger partial charge in [0.1, 0.15) is 5.78 Å². The van der Waals surface area contributed by atoms with Crippen LogP contribution in [0, 0.1) is 5.92 Å². The summed E-state index contributed by atoms with van der Waals surface area (Å²) in [6.45, 7) is 4.20. The highest BCUT2D eigenvalue weighted by Crippen LogP contribution is 2.23. The lowest BCUT2D eigenvalue weighted by Gasteiger charge is -2.27. The van der Waals surface area contributed by atoms with Crippen molar-refractivity contribution in [3.63, 3.8) is 0 Å². The molecule has 0 bridgehead atoms. The molecule has 0 saturated carbocycles. The Bertz CT molecular complexity index is 327. The van der Waals surface area contributed by atoms with Crippen molar-refractivity contribution >= 4 is 5.78 Å². The largest absolute Gasteiger partial charge is 0.396 e. The highest BCUT2D eigenvalue weighted by atomic mass is 16.5. The zero-order chi connectivity index (χ0) is 15.7. The van der Waals surface area contributed by atoms with Crippen LogP contribution in [0.25, 0.3) is 0 Å². The molecule has 0 saturated heterocycles. The van der Waals surface area contributed by atoms with Crippen LogP contribution >= 0.6 is 0 Å². The van der Waals surface area contributed by atoms with E-state index in [0.717, 1.165) is 19.3 Å². The summed E-state index contributed by atoms with van der Waals surface area (Å²) in [7, 11) is 0. The molecule has 21 heavy (non-hydrogen) atoms. The van der Waals surface area contributed by atoms with Crippen molar-refractivity contribution in [1.29, 1.82) is 0 Å². The first-order valence-corrected chi connectivity index (χ1v) is 8.17. The van der Waals surface area contributed by atoms with E-state index in [1.54, 1.807) is 0 Å². The van der Waals surface area contributed by atoms with Crippen LogP contribution in [0.15, 0.2) is 12.2 Å². The molecule has 0 spiro atoms. The Balaban J connectivity index is 2.28. The number of aliphatic hydroxyl groups excluding tert-OH is 2. The zero-order valence-corrected chi connectivity index (χ0v) is 13.3. The van der Waals surface area contributed by atoms with E-state index in [0.29, 0.717) is 19.3 Å². The number of hydrogen-bond acceptors (Lipinski definition) is 4. The number of Topliss-reactive ketones (excluding diaryl/α,β-unsaturated/α-hetero) is 1. The molecule has 1 heterocycles. The quantitative estimate of drug-likeness (QED) is 0.608. The summed E-state index contributed by atoms with van der Waals surface area (Å²) >= 11 is 0. The number of ether oxygens (including phenoxy) is 1. The Labute approximate surface area is 128 Å². The molecule has 0 aromatic carbocycles. The number of hydrogen-bond donors (Lipinski definition) is 2. The topological polar surface area (TPSA) is 66.8 Å². The van der Waals surface area contributed by atoms with Crippen LogP contribution in [0.4, 0.5) is 0 Å². The molecule has 1 rings (SSSR count). The minimum atomic E-state index is -0.488. The van der Waals surface area contributed by atoms with Crippen molar-refractivity contribution in [2.45, 2.75) is 77.1 Å². The Morgan fingerprint density at radius 2 is 2.19 bits per heavy atom. The third-order valence-corrected chi connectivity index (χ3v) is 3.86. The van der Waals surface area contributed by atoms with Crippen LogP contribution in [0.2, 0.25) is 0 Å². The fourth-order valence-electron chi connectivity index (χ4n) is 2.88. The second-order valence-electron chi connectivity index (χ2n) is 6.20. The van der Waals surface area contributed by atoms with Gasteiger partial charge in [0.25, 0.3) is 0 Å². The van der Waals surface area contributed by atoms with Gasteiger partial charge in [-0.1, -0.05) is 32.4 Å². The molecule has 0 fully saturated rings. The Hall–Kier alpha value is -0.710. The average molecular weight is 298 g/mol. The van der Waals surface area contributed by atoms with Crippen LogP contribution in [0.1, 0.15) is 58.8 Å². The van der Waals surface area contributed by atoms with Crippen molar-refractivity contribution in [2.75, 3.05) is 6.61 Å². The van der Waals surface area contributed by atoms with Crippen LogP contribution in [-0.4, -0.2) is 40.9 Å². The van der Waals surface area contributed by atoms with Crippen molar-refractivity contribution in [3.05, 3.63) is 12.2 Å². The summed E-state index contributed by atoms with van der Waals surface area (Å²) in [5, 5.41) is 18.6. The highest BCUT2D eigenvalue weighted by molar-refractivity contribution is 5.79. The minimum absolute atomic E-state index is 0.00280. The van der Waals surface area contributed by atoms with Crippen LogP contribution in [-0.2, 0) is 9.53 Å². The van der Waals surface area contributed by atoms with Crippen molar-refractivity contribution in [1.82, 2.24) is 0 Å². The van der Waals surface area contributed by atoms with E-state index in [2.05, 4.69) is 13.0 Å². The van der Waals surface area contributed by atoms with Gasteiger partial charge in [-0.25, -0.2) is 0 Å². The van der Waals surface area contributed by atoms with Gasteiger partial charge in [0.2, 0.25) is 0 Å². The van der Waals surface area contributed by atoms with Gasteiger partial charge in [0.15, 0.2) is 0 Å². The predicted octanol–water partition coefficient (Wildman–Crippen LogP) is 2.62. The maximum absolute atomic E-state index is 11.9. The second-order valence-corrected chi connectivity index (χ2v) is 6.20. The number of carbonyl (C=O) groups excluding carboxylic acids is 1. The van der Waals surface area contributed by atoms with Crippen molar-refractivity contribution in [3.8, 4) is 0 Å². The van der Waals surface area contributed by atoms with Crippen LogP contribution < -0.4 is 0 Å². The molecule has 4 atom stereocenters. The Morgan fingerprint density at radius 1 is 1.43 bits per heavy atom. The molecule has 0 radical (unpaired) electrons. The Morgan fingerprint density at radius 3 is 2.86 bits per heavy atom. The first-order chi connectivity index (χ1) is 10.0. The van der Waals surface area contributed by atoms with E-state index in [1.165, 1.54) is 0 Å². The van der Waals surface area contributed by atoms with Crippen molar-refractivity contribution in [2.24, 2.45) is 5.92 Å². The maximum atomic E-state index is 11.9. The molecule has 4 nitrogen and oxygen atoms in total. The SMILES string of the molecule is CCC[C@H](O)CC(=O)C[C@H](C)C[C@@H]1CC=C[C@H](CCO)O1. The average Bonchev–Trinajstić information content (AvgIpc) is 2.39. The summed E-state index contributed by atoms with van der Waals surface area (Å²) in [6.07, 6.45) is 8.49. The van der Waals surface area contributed by atoms with Gasteiger partial charge in [-0.05, 0) is 25.2 Å². The third kappa shape index (κ3) is 7.74. The van der Waals surface area contributed by atoms with Crippen molar-refractivity contribution < 1.29 is 19.7 Å². The fraction of sp³-hybridized carbons (Fsp3) is 0.824. The third-order valence-electron chi connectivity index (χ3n) is 3.86. The molecular weight excluding hydrogens is 268 g/mol.